The van der Waals surface area contributed by atoms with Crippen molar-refractivity contribution in [1.82, 2.24) is 0 Å². The van der Waals surface area contributed by atoms with Gasteiger partial charge < -0.3 is 10.6 Å². The van der Waals surface area contributed by atoms with E-state index in [4.69, 9.17) is 11.1 Å². The molecule has 0 fully saturated rings. The Labute approximate surface area is 109 Å². The number of nitrogens with two attached hydrogens (primary N) is 1. The lowest BCUT2D eigenvalue weighted by Gasteiger charge is -2.27. The highest BCUT2D eigenvalue weighted by Crippen LogP contribution is 2.30. The van der Waals surface area contributed by atoms with E-state index in [2.05, 4.69) is 22.9 Å². The molecule has 0 saturated heterocycles. The number of nitrogens with one attached hydrogen (secondary N) is 1. The SMILES string of the molecule is CCC(C)N(C)c1ccc(C(=N)N)c(Br)c1F. The predicted octanol–water partition coefficient (Wildman–Crippen LogP) is 3.11. The molecule has 94 valence electrons. The number of nitrogen functional groups attached to an aromatic ring is 1. The van der Waals surface area contributed by atoms with E-state index < -0.39 is 0 Å². The molecule has 1 rings (SSSR count). The third kappa shape index (κ3) is 2.77. The van der Waals surface area contributed by atoms with Crippen molar-refractivity contribution in [2.75, 3.05) is 11.9 Å². The summed E-state index contributed by atoms with van der Waals surface area (Å²) in [4.78, 5) is 1.88. The first-order valence-corrected chi connectivity index (χ1v) is 6.24. The lowest BCUT2D eigenvalue weighted by molar-refractivity contribution is 0.594. The summed E-state index contributed by atoms with van der Waals surface area (Å²) in [5, 5.41) is 7.34. The van der Waals surface area contributed by atoms with Crippen molar-refractivity contribution in [2.24, 2.45) is 5.73 Å². The number of amidine groups is 1. The van der Waals surface area contributed by atoms with Crippen LogP contribution in [0.15, 0.2) is 16.6 Å². The first-order chi connectivity index (χ1) is 7.90. The van der Waals surface area contributed by atoms with Crippen LogP contribution in [0.2, 0.25) is 0 Å². The van der Waals surface area contributed by atoms with Crippen LogP contribution in [-0.4, -0.2) is 18.9 Å². The van der Waals surface area contributed by atoms with E-state index >= 15 is 0 Å². The van der Waals surface area contributed by atoms with E-state index in [0.717, 1.165) is 6.42 Å². The van der Waals surface area contributed by atoms with E-state index in [1.165, 1.54) is 0 Å². The first-order valence-electron chi connectivity index (χ1n) is 5.45. The van der Waals surface area contributed by atoms with Crippen LogP contribution < -0.4 is 10.6 Å². The van der Waals surface area contributed by atoms with Crippen molar-refractivity contribution in [3.8, 4) is 0 Å². The third-order valence-corrected chi connectivity index (χ3v) is 3.76. The summed E-state index contributed by atoms with van der Waals surface area (Å²) in [7, 11) is 1.85. The average molecular weight is 302 g/mol. The van der Waals surface area contributed by atoms with Crippen LogP contribution in [0.25, 0.3) is 0 Å². The highest BCUT2D eigenvalue weighted by Gasteiger charge is 2.17. The molecule has 0 aliphatic heterocycles. The van der Waals surface area contributed by atoms with Crippen molar-refractivity contribution in [3.05, 3.63) is 28.0 Å². The van der Waals surface area contributed by atoms with E-state index in [-0.39, 0.29) is 22.2 Å². The molecule has 0 heterocycles. The van der Waals surface area contributed by atoms with Crippen LogP contribution in [0.1, 0.15) is 25.8 Å². The van der Waals surface area contributed by atoms with E-state index in [1.54, 1.807) is 12.1 Å². The Kier molecular flexibility index (Phi) is 4.51. The number of hydrogen-bond acceptors (Lipinski definition) is 2. The number of rotatable bonds is 4. The van der Waals surface area contributed by atoms with Gasteiger partial charge in [0.15, 0.2) is 5.82 Å². The second-order valence-corrected chi connectivity index (χ2v) is 4.84. The lowest BCUT2D eigenvalue weighted by atomic mass is 10.1. The van der Waals surface area contributed by atoms with Gasteiger partial charge in [0.2, 0.25) is 0 Å². The molecule has 0 bridgehead atoms. The minimum absolute atomic E-state index is 0.145. The Morgan fingerprint density at radius 3 is 2.65 bits per heavy atom. The Bertz CT molecular complexity index is 434. The molecule has 0 saturated carbocycles. The van der Waals surface area contributed by atoms with Crippen LogP contribution in [0.5, 0.6) is 0 Å². The molecule has 17 heavy (non-hydrogen) atoms. The summed E-state index contributed by atoms with van der Waals surface area (Å²) >= 11 is 3.15. The van der Waals surface area contributed by atoms with Crippen LogP contribution in [-0.2, 0) is 0 Å². The van der Waals surface area contributed by atoms with Gasteiger partial charge in [-0.15, -0.1) is 0 Å². The maximum atomic E-state index is 14.1. The fourth-order valence-corrected chi connectivity index (χ4v) is 2.08. The zero-order valence-corrected chi connectivity index (χ0v) is 11.8. The zero-order chi connectivity index (χ0) is 13.2. The molecule has 0 radical (unpaired) electrons. The molecule has 1 atom stereocenters. The molecule has 0 spiro atoms. The van der Waals surface area contributed by atoms with Crippen molar-refractivity contribution in [1.29, 1.82) is 5.41 Å². The van der Waals surface area contributed by atoms with E-state index in [0.29, 0.717) is 11.3 Å². The topological polar surface area (TPSA) is 53.1 Å². The molecule has 1 aromatic rings. The van der Waals surface area contributed by atoms with Gasteiger partial charge in [-0.05, 0) is 41.4 Å². The summed E-state index contributed by atoms with van der Waals surface area (Å²) in [6.07, 6.45) is 0.933. The normalized spacial score (nSPS) is 12.3. The molecule has 5 heteroatoms. The molecule has 0 amide bonds. The van der Waals surface area contributed by atoms with Gasteiger partial charge in [-0.1, -0.05) is 6.92 Å². The molecule has 0 aliphatic rings. The molecule has 1 aromatic carbocycles. The summed E-state index contributed by atoms with van der Waals surface area (Å²) in [5.74, 6) is -0.519. The largest absolute Gasteiger partial charge is 0.384 e. The average Bonchev–Trinajstić information content (AvgIpc) is 2.30. The number of halogens is 2. The van der Waals surface area contributed by atoms with E-state index in [1.807, 2.05) is 18.9 Å². The fourth-order valence-electron chi connectivity index (χ4n) is 1.53. The number of nitrogens with zero attached hydrogens (tertiary/aromatic N) is 1. The maximum absolute atomic E-state index is 14.1. The minimum atomic E-state index is -0.375. The van der Waals surface area contributed by atoms with Crippen molar-refractivity contribution in [2.45, 2.75) is 26.3 Å². The zero-order valence-electron chi connectivity index (χ0n) is 10.2. The molecule has 1 unspecified atom stereocenters. The van der Waals surface area contributed by atoms with Crippen molar-refractivity contribution < 1.29 is 4.39 Å². The lowest BCUT2D eigenvalue weighted by Crippen LogP contribution is -2.29. The summed E-state index contributed by atoms with van der Waals surface area (Å²) in [6, 6.07) is 3.56. The van der Waals surface area contributed by atoms with Crippen molar-refractivity contribution >= 4 is 27.5 Å². The highest BCUT2D eigenvalue weighted by atomic mass is 79.9. The molecular weight excluding hydrogens is 285 g/mol. The second-order valence-electron chi connectivity index (χ2n) is 4.04. The van der Waals surface area contributed by atoms with Gasteiger partial charge in [-0.2, -0.15) is 0 Å². The van der Waals surface area contributed by atoms with Crippen LogP contribution in [0.3, 0.4) is 0 Å². The Morgan fingerprint density at radius 2 is 2.18 bits per heavy atom. The molecule has 3 nitrogen and oxygen atoms in total. The summed E-state index contributed by atoms with van der Waals surface area (Å²) in [6.45, 7) is 4.09. The van der Waals surface area contributed by atoms with Crippen molar-refractivity contribution in [3.63, 3.8) is 0 Å². The van der Waals surface area contributed by atoms with Crippen LogP contribution >= 0.6 is 15.9 Å². The number of anilines is 1. The third-order valence-electron chi connectivity index (χ3n) is 2.98. The monoisotopic (exact) mass is 301 g/mol. The van der Waals surface area contributed by atoms with Gasteiger partial charge in [0.05, 0.1) is 10.2 Å². The standard InChI is InChI=1S/C12H17BrFN3/c1-4-7(2)17(3)9-6-5-8(12(15)16)10(13)11(9)14/h5-7H,4H2,1-3H3,(H3,15,16). The van der Waals surface area contributed by atoms with Gasteiger partial charge in [0, 0.05) is 18.7 Å². The number of hydrogen-bond donors (Lipinski definition) is 2. The first kappa shape index (κ1) is 14.0. The quantitative estimate of drug-likeness (QED) is 0.663. The number of benzene rings is 1. The minimum Gasteiger partial charge on any atom is -0.384 e. The second kappa shape index (κ2) is 5.49. The molecular formula is C12H17BrFN3. The fraction of sp³-hybridized carbons (Fsp3) is 0.417. The van der Waals surface area contributed by atoms with Crippen LogP contribution in [0, 0.1) is 11.2 Å². The van der Waals surface area contributed by atoms with Gasteiger partial charge >= 0.3 is 0 Å². The van der Waals surface area contributed by atoms with E-state index in [9.17, 15) is 4.39 Å². The molecule has 0 aliphatic carbocycles. The Morgan fingerprint density at radius 1 is 1.59 bits per heavy atom. The Balaban J connectivity index is 3.21. The molecule has 0 aromatic heterocycles. The Hall–Kier alpha value is -1.10. The predicted molar refractivity (Wildman–Crippen MR) is 73.3 cm³/mol. The van der Waals surface area contributed by atoms with Gasteiger partial charge in [-0.25, -0.2) is 4.39 Å². The maximum Gasteiger partial charge on any atom is 0.161 e. The molecule has 3 N–H and O–H groups in total. The van der Waals surface area contributed by atoms with Gasteiger partial charge in [0.25, 0.3) is 0 Å². The van der Waals surface area contributed by atoms with Crippen LogP contribution in [0.4, 0.5) is 10.1 Å². The van der Waals surface area contributed by atoms with Gasteiger partial charge in [0.1, 0.15) is 5.84 Å². The smallest absolute Gasteiger partial charge is 0.161 e. The highest BCUT2D eigenvalue weighted by molar-refractivity contribution is 9.10. The summed E-state index contributed by atoms with van der Waals surface area (Å²) in [5.41, 5.74) is 6.26. The summed E-state index contributed by atoms with van der Waals surface area (Å²) < 4.78 is 14.4. The van der Waals surface area contributed by atoms with Gasteiger partial charge in [-0.3, -0.25) is 5.41 Å².